The summed E-state index contributed by atoms with van der Waals surface area (Å²) in [5, 5.41) is 9.63. The molecule has 0 radical (unpaired) electrons. The monoisotopic (exact) mass is 212 g/mol. The number of thioether (sulfide) groups is 1. The van der Waals surface area contributed by atoms with Gasteiger partial charge in [0.25, 0.3) is 0 Å². The van der Waals surface area contributed by atoms with Crippen molar-refractivity contribution in [3.05, 3.63) is 18.3 Å². The van der Waals surface area contributed by atoms with Crippen LogP contribution in [-0.2, 0) is 4.74 Å². The maximum absolute atomic E-state index is 9.51. The topological polar surface area (TPSA) is 68.4 Å². The summed E-state index contributed by atoms with van der Waals surface area (Å²) in [6, 6.07) is 3.66. The third-order valence-electron chi connectivity index (χ3n) is 2.05. The molecule has 1 aliphatic rings. The third-order valence-corrected chi connectivity index (χ3v) is 3.31. The van der Waals surface area contributed by atoms with Crippen LogP contribution in [0.2, 0.25) is 0 Å². The zero-order valence-corrected chi connectivity index (χ0v) is 8.41. The highest BCUT2D eigenvalue weighted by atomic mass is 32.2. The molecule has 76 valence electrons. The summed E-state index contributed by atoms with van der Waals surface area (Å²) < 4.78 is 5.15. The van der Waals surface area contributed by atoms with E-state index in [1.165, 1.54) is 0 Å². The maximum atomic E-state index is 9.51. The Labute approximate surface area is 86.5 Å². The number of hydrogen-bond acceptors (Lipinski definition) is 5. The average Bonchev–Trinajstić information content (AvgIpc) is 2.56. The molecule has 1 saturated heterocycles. The molecular weight excluding hydrogens is 200 g/mol. The van der Waals surface area contributed by atoms with Crippen molar-refractivity contribution in [2.75, 3.05) is 18.9 Å². The van der Waals surface area contributed by atoms with Crippen LogP contribution in [0.3, 0.4) is 0 Å². The predicted octanol–water partition coefficient (Wildman–Crippen LogP) is 0.516. The molecule has 3 N–H and O–H groups in total. The van der Waals surface area contributed by atoms with Crippen LogP contribution in [0.15, 0.2) is 23.2 Å². The lowest BCUT2D eigenvalue weighted by Gasteiger charge is -2.10. The molecular formula is C9H12N2O2S. The molecule has 5 heteroatoms. The van der Waals surface area contributed by atoms with E-state index >= 15 is 0 Å². The van der Waals surface area contributed by atoms with E-state index < -0.39 is 0 Å². The Morgan fingerprint density at radius 3 is 2.93 bits per heavy atom. The summed E-state index contributed by atoms with van der Waals surface area (Å²) in [6.45, 7) is 1.02. The number of anilines is 1. The van der Waals surface area contributed by atoms with Crippen LogP contribution in [0.1, 0.15) is 0 Å². The highest BCUT2D eigenvalue weighted by Crippen LogP contribution is 2.28. The molecule has 1 aromatic rings. The van der Waals surface area contributed by atoms with Gasteiger partial charge in [0.1, 0.15) is 5.82 Å². The summed E-state index contributed by atoms with van der Waals surface area (Å²) >= 11 is 1.57. The molecule has 0 bridgehead atoms. The van der Waals surface area contributed by atoms with E-state index in [0.717, 1.165) is 4.90 Å². The number of pyridine rings is 1. The van der Waals surface area contributed by atoms with Crippen LogP contribution in [0.4, 0.5) is 5.82 Å². The summed E-state index contributed by atoms with van der Waals surface area (Å²) in [5.41, 5.74) is 5.47. The summed E-state index contributed by atoms with van der Waals surface area (Å²) in [7, 11) is 0. The van der Waals surface area contributed by atoms with E-state index in [0.29, 0.717) is 19.0 Å². The van der Waals surface area contributed by atoms with Crippen molar-refractivity contribution >= 4 is 17.6 Å². The Morgan fingerprint density at radius 2 is 2.36 bits per heavy atom. The van der Waals surface area contributed by atoms with Crippen molar-refractivity contribution in [2.24, 2.45) is 0 Å². The normalized spacial score (nSPS) is 26.6. The second kappa shape index (κ2) is 4.16. The quantitative estimate of drug-likeness (QED) is 0.748. The standard InChI is InChI=1S/C9H12N2O2S/c10-9-2-1-6(3-11-9)14-8-5-13-4-7(8)12/h1-3,7-8,12H,4-5H2,(H2,10,11). The highest BCUT2D eigenvalue weighted by molar-refractivity contribution is 8.00. The van der Waals surface area contributed by atoms with Crippen LogP contribution in [-0.4, -0.2) is 34.7 Å². The number of aliphatic hydroxyl groups is 1. The number of rotatable bonds is 2. The summed E-state index contributed by atoms with van der Waals surface area (Å²) in [5.74, 6) is 0.512. The van der Waals surface area contributed by atoms with Gasteiger partial charge in [0.15, 0.2) is 0 Å². The van der Waals surface area contributed by atoms with Gasteiger partial charge in [-0.3, -0.25) is 0 Å². The van der Waals surface area contributed by atoms with E-state index in [1.54, 1.807) is 24.0 Å². The number of nitrogens with two attached hydrogens (primary N) is 1. The minimum Gasteiger partial charge on any atom is -0.389 e. The van der Waals surface area contributed by atoms with E-state index in [-0.39, 0.29) is 11.4 Å². The van der Waals surface area contributed by atoms with Crippen LogP contribution in [0.25, 0.3) is 0 Å². The first kappa shape index (κ1) is 9.76. The molecule has 2 unspecified atom stereocenters. The fraction of sp³-hybridized carbons (Fsp3) is 0.444. The molecule has 14 heavy (non-hydrogen) atoms. The van der Waals surface area contributed by atoms with Gasteiger partial charge in [-0.2, -0.15) is 0 Å². The highest BCUT2D eigenvalue weighted by Gasteiger charge is 2.26. The van der Waals surface area contributed by atoms with Crippen LogP contribution in [0, 0.1) is 0 Å². The second-order valence-corrected chi connectivity index (χ2v) is 4.49. The van der Waals surface area contributed by atoms with Gasteiger partial charge in [0, 0.05) is 11.1 Å². The van der Waals surface area contributed by atoms with E-state index in [2.05, 4.69) is 4.98 Å². The molecule has 1 aliphatic heterocycles. The average molecular weight is 212 g/mol. The van der Waals surface area contributed by atoms with Crippen LogP contribution in [0.5, 0.6) is 0 Å². The molecule has 2 atom stereocenters. The zero-order valence-electron chi connectivity index (χ0n) is 7.59. The number of ether oxygens (including phenoxy) is 1. The largest absolute Gasteiger partial charge is 0.389 e. The maximum Gasteiger partial charge on any atom is 0.123 e. The Bertz CT molecular complexity index is 304. The first-order chi connectivity index (χ1) is 6.75. The van der Waals surface area contributed by atoms with Gasteiger partial charge in [-0.1, -0.05) is 0 Å². The molecule has 4 nitrogen and oxygen atoms in total. The molecule has 1 fully saturated rings. The SMILES string of the molecule is Nc1ccc(SC2COCC2O)cn1. The molecule has 0 aromatic carbocycles. The molecule has 0 saturated carbocycles. The minimum absolute atomic E-state index is 0.112. The Hall–Kier alpha value is -0.780. The van der Waals surface area contributed by atoms with Gasteiger partial charge in [0.2, 0.25) is 0 Å². The molecule has 2 rings (SSSR count). The lowest BCUT2D eigenvalue weighted by Crippen LogP contribution is -2.19. The first-order valence-corrected chi connectivity index (χ1v) is 5.27. The Morgan fingerprint density at radius 1 is 1.50 bits per heavy atom. The number of nitrogen functional groups attached to an aromatic ring is 1. The number of aliphatic hydroxyl groups excluding tert-OH is 1. The Kier molecular flexibility index (Phi) is 2.90. The molecule has 0 aliphatic carbocycles. The van der Waals surface area contributed by atoms with Crippen LogP contribution < -0.4 is 5.73 Å². The van der Waals surface area contributed by atoms with Gasteiger partial charge in [-0.25, -0.2) is 4.98 Å². The van der Waals surface area contributed by atoms with Crippen molar-refractivity contribution in [3.63, 3.8) is 0 Å². The molecule has 2 heterocycles. The number of aromatic nitrogens is 1. The lowest BCUT2D eigenvalue weighted by molar-refractivity contribution is 0.127. The van der Waals surface area contributed by atoms with Crippen molar-refractivity contribution < 1.29 is 9.84 Å². The van der Waals surface area contributed by atoms with Crippen molar-refractivity contribution in [3.8, 4) is 0 Å². The summed E-state index contributed by atoms with van der Waals surface area (Å²) in [6.07, 6.45) is 1.34. The number of hydrogen-bond donors (Lipinski definition) is 2. The van der Waals surface area contributed by atoms with Crippen molar-refractivity contribution in [2.45, 2.75) is 16.2 Å². The Balaban J connectivity index is 2.00. The van der Waals surface area contributed by atoms with Crippen molar-refractivity contribution in [1.29, 1.82) is 0 Å². The van der Waals surface area contributed by atoms with Gasteiger partial charge in [-0.15, -0.1) is 11.8 Å². The lowest BCUT2D eigenvalue weighted by atomic mass is 10.3. The van der Waals surface area contributed by atoms with E-state index in [4.69, 9.17) is 10.5 Å². The minimum atomic E-state index is -0.377. The zero-order chi connectivity index (χ0) is 9.97. The van der Waals surface area contributed by atoms with Gasteiger partial charge < -0.3 is 15.6 Å². The number of nitrogens with zero attached hydrogens (tertiary/aromatic N) is 1. The van der Waals surface area contributed by atoms with Crippen LogP contribution >= 0.6 is 11.8 Å². The second-order valence-electron chi connectivity index (χ2n) is 3.18. The first-order valence-electron chi connectivity index (χ1n) is 4.40. The van der Waals surface area contributed by atoms with Gasteiger partial charge in [-0.05, 0) is 12.1 Å². The van der Waals surface area contributed by atoms with E-state index in [1.807, 2.05) is 6.07 Å². The smallest absolute Gasteiger partial charge is 0.123 e. The summed E-state index contributed by atoms with van der Waals surface area (Å²) in [4.78, 5) is 4.99. The fourth-order valence-corrected chi connectivity index (χ4v) is 2.28. The predicted molar refractivity (Wildman–Crippen MR) is 55.1 cm³/mol. The molecule has 0 spiro atoms. The van der Waals surface area contributed by atoms with Crippen molar-refractivity contribution in [1.82, 2.24) is 4.98 Å². The third kappa shape index (κ3) is 2.17. The van der Waals surface area contributed by atoms with E-state index in [9.17, 15) is 5.11 Å². The van der Waals surface area contributed by atoms with Gasteiger partial charge in [0.05, 0.1) is 24.6 Å². The fourth-order valence-electron chi connectivity index (χ4n) is 1.27. The molecule has 0 amide bonds. The molecule has 1 aromatic heterocycles. The van der Waals surface area contributed by atoms with Gasteiger partial charge >= 0.3 is 0 Å².